The molecule has 0 aromatic carbocycles. The van der Waals surface area contributed by atoms with E-state index in [4.69, 9.17) is 15.7 Å². The van der Waals surface area contributed by atoms with E-state index < -0.39 is 18.1 Å². The molecule has 1 aliphatic carbocycles. The molecule has 7 nitrogen and oxygen atoms in total. The number of aromatic nitrogens is 3. The fourth-order valence-electron chi connectivity index (χ4n) is 4.13. The van der Waals surface area contributed by atoms with Gasteiger partial charge in [-0.05, 0) is 37.0 Å². The number of aryl methyl sites for hydroxylation is 2. The van der Waals surface area contributed by atoms with Crippen molar-refractivity contribution in [3.8, 4) is 11.4 Å². The molecule has 0 spiro atoms. The van der Waals surface area contributed by atoms with Crippen molar-refractivity contribution in [1.29, 1.82) is 0 Å². The Labute approximate surface area is 159 Å². The topological polar surface area (TPSA) is 105 Å². The van der Waals surface area contributed by atoms with Gasteiger partial charge in [0.2, 0.25) is 5.91 Å². The van der Waals surface area contributed by atoms with Crippen molar-refractivity contribution in [2.24, 2.45) is 5.73 Å². The van der Waals surface area contributed by atoms with E-state index in [2.05, 4.69) is 4.98 Å². The molecule has 2 atom stereocenters. The number of fused-ring (bicyclic) bond motifs is 3. The summed E-state index contributed by atoms with van der Waals surface area (Å²) in [6.45, 7) is 0.344. The molecule has 1 amide bonds. The maximum atomic E-state index is 12.0. The molecule has 1 saturated heterocycles. The summed E-state index contributed by atoms with van der Waals surface area (Å²) < 4.78 is 0. The summed E-state index contributed by atoms with van der Waals surface area (Å²) in [6.07, 6.45) is 6.35. The second kappa shape index (κ2) is 6.24. The second-order valence-electron chi connectivity index (χ2n) is 7.11. The molecule has 1 fully saturated rings. The smallest absolute Gasteiger partial charge is 0.240 e. The minimum Gasteiger partial charge on any atom is -0.391 e. The van der Waals surface area contributed by atoms with Crippen LogP contribution >= 0.6 is 11.3 Å². The lowest BCUT2D eigenvalue weighted by molar-refractivity contribution is -0.119. The quantitative estimate of drug-likeness (QED) is 0.715. The van der Waals surface area contributed by atoms with Crippen molar-refractivity contribution in [1.82, 2.24) is 15.0 Å². The van der Waals surface area contributed by atoms with Gasteiger partial charge in [0.1, 0.15) is 16.7 Å². The molecule has 138 valence electrons. The summed E-state index contributed by atoms with van der Waals surface area (Å²) in [4.78, 5) is 29.9. The third kappa shape index (κ3) is 2.67. The molecule has 3 N–H and O–H groups in total. The zero-order valence-corrected chi connectivity index (χ0v) is 15.4. The molecule has 4 heterocycles. The van der Waals surface area contributed by atoms with Crippen LogP contribution in [0, 0.1) is 0 Å². The van der Waals surface area contributed by atoms with E-state index in [-0.39, 0.29) is 0 Å². The lowest BCUT2D eigenvalue weighted by Gasteiger charge is -2.24. The maximum Gasteiger partial charge on any atom is 0.240 e. The highest BCUT2D eigenvalue weighted by Crippen LogP contribution is 2.42. The van der Waals surface area contributed by atoms with Crippen LogP contribution in [0.25, 0.3) is 21.6 Å². The molecule has 8 heteroatoms. The number of thiophene rings is 1. The van der Waals surface area contributed by atoms with Crippen LogP contribution in [0.3, 0.4) is 0 Å². The standard InChI is InChI=1S/C19H19N5O2S/c20-16(26)13-7-11(25)9-24(13)18-15-12-4-1-5-14(12)27-19(15)23-17(22-18)10-3-2-6-21-8-10/h2-3,6,8,11,13,25H,1,4-5,7,9H2,(H2,20,26)/t11-,13+/m1/s1. The summed E-state index contributed by atoms with van der Waals surface area (Å²) in [5, 5.41) is 11.2. The van der Waals surface area contributed by atoms with Crippen molar-refractivity contribution in [2.75, 3.05) is 11.4 Å². The molecule has 5 rings (SSSR count). The SMILES string of the molecule is NC(=O)[C@@H]1C[C@@H](O)CN1c1nc(-c2cccnc2)nc2sc3c(c12)CCC3. The van der Waals surface area contributed by atoms with Crippen LogP contribution in [0.15, 0.2) is 24.5 Å². The number of nitrogens with two attached hydrogens (primary N) is 1. The zero-order valence-electron chi connectivity index (χ0n) is 14.6. The number of amides is 1. The molecule has 1 aliphatic heterocycles. The van der Waals surface area contributed by atoms with E-state index in [9.17, 15) is 9.90 Å². The first-order valence-corrected chi connectivity index (χ1v) is 9.90. The number of primary amides is 1. The van der Waals surface area contributed by atoms with Crippen molar-refractivity contribution in [3.05, 3.63) is 35.0 Å². The van der Waals surface area contributed by atoms with Gasteiger partial charge in [0.05, 0.1) is 11.5 Å². The van der Waals surface area contributed by atoms with E-state index in [0.717, 1.165) is 35.0 Å². The third-order valence-electron chi connectivity index (χ3n) is 5.34. The van der Waals surface area contributed by atoms with Crippen LogP contribution in [-0.2, 0) is 17.6 Å². The van der Waals surface area contributed by atoms with Crippen molar-refractivity contribution in [2.45, 2.75) is 37.8 Å². The van der Waals surface area contributed by atoms with Crippen molar-refractivity contribution >= 4 is 33.3 Å². The number of hydrogen-bond acceptors (Lipinski definition) is 7. The highest BCUT2D eigenvalue weighted by molar-refractivity contribution is 7.19. The Morgan fingerprint density at radius 3 is 3.00 bits per heavy atom. The monoisotopic (exact) mass is 381 g/mol. The van der Waals surface area contributed by atoms with Gasteiger partial charge in [0, 0.05) is 35.8 Å². The van der Waals surface area contributed by atoms with Gasteiger partial charge in [0.25, 0.3) is 0 Å². The van der Waals surface area contributed by atoms with Crippen LogP contribution in [-0.4, -0.2) is 44.7 Å². The lowest BCUT2D eigenvalue weighted by atomic mass is 10.1. The molecule has 0 radical (unpaired) electrons. The van der Waals surface area contributed by atoms with E-state index in [1.807, 2.05) is 17.0 Å². The van der Waals surface area contributed by atoms with Crippen LogP contribution in [0.2, 0.25) is 0 Å². The Morgan fingerprint density at radius 1 is 1.33 bits per heavy atom. The summed E-state index contributed by atoms with van der Waals surface area (Å²) in [5.74, 6) is 0.849. The summed E-state index contributed by atoms with van der Waals surface area (Å²) >= 11 is 1.70. The number of carbonyl (C=O) groups excluding carboxylic acids is 1. The Balaban J connectivity index is 1.75. The van der Waals surface area contributed by atoms with E-state index >= 15 is 0 Å². The third-order valence-corrected chi connectivity index (χ3v) is 6.53. The van der Waals surface area contributed by atoms with Gasteiger partial charge in [-0.25, -0.2) is 9.97 Å². The summed E-state index contributed by atoms with van der Waals surface area (Å²) in [5.41, 5.74) is 7.73. The minimum absolute atomic E-state index is 0.329. The predicted molar refractivity (Wildman–Crippen MR) is 104 cm³/mol. The lowest BCUT2D eigenvalue weighted by Crippen LogP contribution is -2.41. The highest BCUT2D eigenvalue weighted by atomic mass is 32.1. The molecule has 3 aromatic heterocycles. The molecular formula is C19H19N5O2S. The number of aliphatic hydroxyl groups is 1. The van der Waals surface area contributed by atoms with E-state index in [0.29, 0.717) is 24.6 Å². The molecule has 0 bridgehead atoms. The van der Waals surface area contributed by atoms with E-state index in [1.54, 1.807) is 23.7 Å². The number of aliphatic hydroxyl groups excluding tert-OH is 1. The fourth-order valence-corrected chi connectivity index (χ4v) is 5.38. The van der Waals surface area contributed by atoms with Crippen LogP contribution < -0.4 is 10.6 Å². The fraction of sp³-hybridized carbons (Fsp3) is 0.368. The maximum absolute atomic E-state index is 12.0. The Bertz CT molecular complexity index is 1040. The predicted octanol–water partition coefficient (Wildman–Crippen LogP) is 1.67. The first-order valence-electron chi connectivity index (χ1n) is 9.08. The Morgan fingerprint density at radius 2 is 2.22 bits per heavy atom. The highest BCUT2D eigenvalue weighted by Gasteiger charge is 2.38. The van der Waals surface area contributed by atoms with Gasteiger partial charge in [0.15, 0.2) is 5.82 Å². The van der Waals surface area contributed by atoms with Gasteiger partial charge in [-0.3, -0.25) is 9.78 Å². The van der Waals surface area contributed by atoms with Gasteiger partial charge in [-0.15, -0.1) is 11.3 Å². The number of nitrogens with zero attached hydrogens (tertiary/aromatic N) is 4. The number of carbonyl (C=O) groups is 1. The van der Waals surface area contributed by atoms with Crippen LogP contribution in [0.4, 0.5) is 5.82 Å². The largest absolute Gasteiger partial charge is 0.391 e. The zero-order chi connectivity index (χ0) is 18.5. The van der Waals surface area contributed by atoms with Gasteiger partial charge >= 0.3 is 0 Å². The average molecular weight is 381 g/mol. The van der Waals surface area contributed by atoms with Crippen LogP contribution in [0.1, 0.15) is 23.3 Å². The second-order valence-corrected chi connectivity index (χ2v) is 8.19. The Hall–Kier alpha value is -2.58. The first kappa shape index (κ1) is 16.6. The van der Waals surface area contributed by atoms with E-state index in [1.165, 1.54) is 10.4 Å². The molecule has 27 heavy (non-hydrogen) atoms. The minimum atomic E-state index is -0.596. The van der Waals surface area contributed by atoms with Gasteiger partial charge in [-0.1, -0.05) is 0 Å². The number of hydrogen-bond donors (Lipinski definition) is 2. The average Bonchev–Trinajstić information content (AvgIpc) is 3.35. The molecule has 2 aliphatic rings. The molecule has 0 saturated carbocycles. The summed E-state index contributed by atoms with van der Waals surface area (Å²) in [6, 6.07) is 3.21. The number of rotatable bonds is 3. The first-order chi connectivity index (χ1) is 13.1. The molecule has 0 unspecified atom stereocenters. The van der Waals surface area contributed by atoms with Gasteiger partial charge in [-0.2, -0.15) is 0 Å². The normalized spacial score (nSPS) is 21.7. The van der Waals surface area contributed by atoms with Crippen molar-refractivity contribution < 1.29 is 9.90 Å². The van der Waals surface area contributed by atoms with Crippen molar-refractivity contribution in [3.63, 3.8) is 0 Å². The summed E-state index contributed by atoms with van der Waals surface area (Å²) in [7, 11) is 0. The number of pyridine rings is 1. The number of anilines is 1. The van der Waals surface area contributed by atoms with Gasteiger partial charge < -0.3 is 15.7 Å². The Kier molecular flexibility index (Phi) is 3.84. The molecular weight excluding hydrogens is 362 g/mol. The number of β-amino-alcohol motifs (C(OH)–C–C–N with tert-alkyl or cyclic N) is 1. The van der Waals surface area contributed by atoms with Crippen LogP contribution in [0.5, 0.6) is 0 Å². The molecule has 3 aromatic rings.